The molecule has 1 spiro atoms. The van der Waals surface area contributed by atoms with Crippen LogP contribution in [0.4, 0.5) is 0 Å². The third kappa shape index (κ3) is 2.27. The minimum atomic E-state index is -0.819. The van der Waals surface area contributed by atoms with Crippen LogP contribution in [0.15, 0.2) is 22.1 Å². The standard InChI is InChI=1S/C14H22N2O3/c1-9(2)11-12(18-3)16-14(13(15-11)19-4)8-6-5-7-10(14)17/h5,7,9-11,17H,6,8H2,1-4H3/t10?,11-,14+/m1/s1. The lowest BCUT2D eigenvalue weighted by Gasteiger charge is -2.39. The number of aliphatic hydroxyl groups excluding tert-OH is 1. The Hall–Kier alpha value is -1.36. The average molecular weight is 266 g/mol. The van der Waals surface area contributed by atoms with Crippen LogP contribution in [0.25, 0.3) is 0 Å². The van der Waals surface area contributed by atoms with Crippen molar-refractivity contribution in [3.05, 3.63) is 12.2 Å². The molecule has 19 heavy (non-hydrogen) atoms. The fourth-order valence-corrected chi connectivity index (χ4v) is 2.63. The molecule has 0 aromatic carbocycles. The SMILES string of the molecule is COC1=N[C@]2(CCC=CC2O)C(OC)=N[C@@H]1C(C)C. The van der Waals surface area contributed by atoms with Gasteiger partial charge < -0.3 is 14.6 Å². The van der Waals surface area contributed by atoms with E-state index in [0.717, 1.165) is 6.42 Å². The second-order valence-electron chi connectivity index (χ2n) is 5.32. The number of methoxy groups -OCH3 is 2. The first-order valence-electron chi connectivity index (χ1n) is 6.66. The molecule has 1 heterocycles. The summed E-state index contributed by atoms with van der Waals surface area (Å²) in [4.78, 5) is 9.29. The first kappa shape index (κ1) is 14.1. The van der Waals surface area contributed by atoms with E-state index in [-0.39, 0.29) is 12.0 Å². The van der Waals surface area contributed by atoms with Crippen LogP contribution in [0.1, 0.15) is 26.7 Å². The second kappa shape index (κ2) is 5.33. The normalized spacial score (nSPS) is 34.2. The molecule has 106 valence electrons. The van der Waals surface area contributed by atoms with Crippen LogP contribution in [0, 0.1) is 5.92 Å². The molecule has 1 unspecified atom stereocenters. The van der Waals surface area contributed by atoms with Gasteiger partial charge in [-0.05, 0) is 18.8 Å². The number of allylic oxidation sites excluding steroid dienone is 1. The number of hydrogen-bond acceptors (Lipinski definition) is 5. The molecule has 0 radical (unpaired) electrons. The van der Waals surface area contributed by atoms with Crippen LogP contribution in [-0.2, 0) is 9.47 Å². The average Bonchev–Trinajstić information content (AvgIpc) is 2.41. The Labute approximate surface area is 114 Å². The summed E-state index contributed by atoms with van der Waals surface area (Å²) in [6.07, 6.45) is 4.50. The molecule has 1 aliphatic carbocycles. The Kier molecular flexibility index (Phi) is 3.94. The van der Waals surface area contributed by atoms with Crippen molar-refractivity contribution in [2.24, 2.45) is 15.9 Å². The fourth-order valence-electron chi connectivity index (χ4n) is 2.63. The third-order valence-corrected chi connectivity index (χ3v) is 3.72. The molecule has 5 nitrogen and oxygen atoms in total. The number of ether oxygens (including phenoxy) is 2. The Morgan fingerprint density at radius 3 is 2.63 bits per heavy atom. The van der Waals surface area contributed by atoms with Crippen molar-refractivity contribution in [1.29, 1.82) is 0 Å². The van der Waals surface area contributed by atoms with Crippen molar-refractivity contribution >= 4 is 11.8 Å². The van der Waals surface area contributed by atoms with Gasteiger partial charge in [0.2, 0.25) is 11.8 Å². The van der Waals surface area contributed by atoms with E-state index < -0.39 is 11.6 Å². The summed E-state index contributed by atoms with van der Waals surface area (Å²) in [5.41, 5.74) is -0.819. The van der Waals surface area contributed by atoms with Gasteiger partial charge in [0.05, 0.1) is 14.2 Å². The Morgan fingerprint density at radius 2 is 2.11 bits per heavy atom. The molecule has 0 aromatic heterocycles. The van der Waals surface area contributed by atoms with Gasteiger partial charge in [0.15, 0.2) is 5.54 Å². The molecule has 1 aliphatic heterocycles. The van der Waals surface area contributed by atoms with Gasteiger partial charge in [0, 0.05) is 0 Å². The zero-order chi connectivity index (χ0) is 14.0. The zero-order valence-corrected chi connectivity index (χ0v) is 12.0. The maximum absolute atomic E-state index is 10.3. The molecule has 0 aromatic rings. The highest BCUT2D eigenvalue weighted by atomic mass is 16.5. The van der Waals surface area contributed by atoms with Crippen LogP contribution in [0.2, 0.25) is 0 Å². The number of hydrogen-bond donors (Lipinski definition) is 1. The molecular formula is C14H22N2O3. The van der Waals surface area contributed by atoms with E-state index in [4.69, 9.17) is 9.47 Å². The summed E-state index contributed by atoms with van der Waals surface area (Å²) in [6, 6.07) is -0.149. The smallest absolute Gasteiger partial charge is 0.215 e. The lowest BCUT2D eigenvalue weighted by molar-refractivity contribution is 0.131. The highest BCUT2D eigenvalue weighted by molar-refractivity contribution is 5.97. The first-order valence-corrected chi connectivity index (χ1v) is 6.66. The Bertz CT molecular complexity index is 428. The molecular weight excluding hydrogens is 244 g/mol. The highest BCUT2D eigenvalue weighted by Crippen LogP contribution is 2.34. The largest absolute Gasteiger partial charge is 0.483 e. The number of nitrogens with zero attached hydrogens (tertiary/aromatic N) is 2. The molecule has 0 bridgehead atoms. The van der Waals surface area contributed by atoms with Crippen LogP contribution < -0.4 is 0 Å². The predicted octanol–water partition coefficient (Wildman–Crippen LogP) is 1.56. The van der Waals surface area contributed by atoms with Crippen molar-refractivity contribution in [1.82, 2.24) is 0 Å². The summed E-state index contributed by atoms with van der Waals surface area (Å²) in [5.74, 6) is 1.34. The van der Waals surface area contributed by atoms with Crippen LogP contribution in [0.3, 0.4) is 0 Å². The summed E-state index contributed by atoms with van der Waals surface area (Å²) in [6.45, 7) is 4.12. The van der Waals surface area contributed by atoms with Crippen molar-refractivity contribution in [2.75, 3.05) is 14.2 Å². The van der Waals surface area contributed by atoms with E-state index in [2.05, 4.69) is 23.8 Å². The van der Waals surface area contributed by atoms with Crippen molar-refractivity contribution in [3.8, 4) is 0 Å². The van der Waals surface area contributed by atoms with Crippen LogP contribution in [0.5, 0.6) is 0 Å². The van der Waals surface area contributed by atoms with Gasteiger partial charge in [0.25, 0.3) is 0 Å². The third-order valence-electron chi connectivity index (χ3n) is 3.72. The lowest BCUT2D eigenvalue weighted by atomic mass is 9.82. The molecule has 2 aliphatic rings. The number of rotatable bonds is 1. The van der Waals surface area contributed by atoms with Gasteiger partial charge >= 0.3 is 0 Å². The summed E-state index contributed by atoms with van der Waals surface area (Å²) in [5, 5.41) is 10.3. The molecule has 3 atom stereocenters. The quantitative estimate of drug-likeness (QED) is 0.733. The minimum absolute atomic E-state index is 0.149. The second-order valence-corrected chi connectivity index (χ2v) is 5.32. The Balaban J connectivity index is 2.46. The fraction of sp³-hybridized carbons (Fsp3) is 0.714. The molecule has 0 saturated heterocycles. The highest BCUT2D eigenvalue weighted by Gasteiger charge is 2.48. The van der Waals surface area contributed by atoms with Crippen LogP contribution >= 0.6 is 0 Å². The lowest BCUT2D eigenvalue weighted by Crippen LogP contribution is -2.54. The van der Waals surface area contributed by atoms with Gasteiger partial charge in [-0.25, -0.2) is 9.98 Å². The molecule has 1 N–H and O–H groups in total. The summed E-state index contributed by atoms with van der Waals surface area (Å²) < 4.78 is 10.8. The Morgan fingerprint density at radius 1 is 1.37 bits per heavy atom. The van der Waals surface area contributed by atoms with Crippen LogP contribution in [-0.4, -0.2) is 48.8 Å². The van der Waals surface area contributed by atoms with Crippen molar-refractivity contribution < 1.29 is 14.6 Å². The minimum Gasteiger partial charge on any atom is -0.483 e. The topological polar surface area (TPSA) is 63.4 Å². The molecule has 2 rings (SSSR count). The van der Waals surface area contributed by atoms with Gasteiger partial charge in [-0.3, -0.25) is 0 Å². The predicted molar refractivity (Wildman–Crippen MR) is 74.6 cm³/mol. The van der Waals surface area contributed by atoms with E-state index in [9.17, 15) is 5.11 Å². The van der Waals surface area contributed by atoms with Gasteiger partial charge in [-0.1, -0.05) is 26.0 Å². The van der Waals surface area contributed by atoms with E-state index >= 15 is 0 Å². The van der Waals surface area contributed by atoms with E-state index in [1.165, 1.54) is 0 Å². The summed E-state index contributed by atoms with van der Waals surface area (Å²) >= 11 is 0. The van der Waals surface area contributed by atoms with E-state index in [0.29, 0.717) is 18.2 Å². The van der Waals surface area contributed by atoms with Crippen molar-refractivity contribution in [2.45, 2.75) is 44.4 Å². The van der Waals surface area contributed by atoms with Gasteiger partial charge in [0.1, 0.15) is 12.1 Å². The van der Waals surface area contributed by atoms with Gasteiger partial charge in [-0.2, -0.15) is 0 Å². The van der Waals surface area contributed by atoms with E-state index in [1.54, 1.807) is 20.3 Å². The molecule has 0 saturated carbocycles. The zero-order valence-electron chi connectivity index (χ0n) is 12.0. The molecule has 5 heteroatoms. The monoisotopic (exact) mass is 266 g/mol. The van der Waals surface area contributed by atoms with Gasteiger partial charge in [-0.15, -0.1) is 0 Å². The molecule has 0 amide bonds. The molecule has 0 fully saturated rings. The first-order chi connectivity index (χ1) is 9.05. The maximum Gasteiger partial charge on any atom is 0.215 e. The maximum atomic E-state index is 10.3. The number of aliphatic imine (C=N–C) groups is 2. The van der Waals surface area contributed by atoms with E-state index in [1.807, 2.05) is 6.08 Å². The van der Waals surface area contributed by atoms with Crippen molar-refractivity contribution in [3.63, 3.8) is 0 Å². The number of aliphatic hydroxyl groups is 1. The summed E-state index contributed by atoms with van der Waals surface area (Å²) in [7, 11) is 3.18.